The molecule has 0 aromatic carbocycles. The summed E-state index contributed by atoms with van der Waals surface area (Å²) in [6.07, 6.45) is -0.722. The van der Waals surface area contributed by atoms with Crippen molar-refractivity contribution in [3.05, 3.63) is 16.0 Å². The minimum absolute atomic E-state index is 0.0348. The summed E-state index contributed by atoms with van der Waals surface area (Å²) >= 11 is 1.03. The normalized spacial score (nSPS) is 17.9. The molecule has 2 rings (SSSR count). The molecule has 1 heterocycles. The van der Waals surface area contributed by atoms with E-state index in [4.69, 9.17) is 5.73 Å². The molecule has 1 aliphatic carbocycles. The van der Waals surface area contributed by atoms with Gasteiger partial charge in [0.2, 0.25) is 0 Å². The van der Waals surface area contributed by atoms with Crippen molar-refractivity contribution >= 4 is 28.2 Å². The van der Waals surface area contributed by atoms with E-state index >= 15 is 0 Å². The van der Waals surface area contributed by atoms with Crippen LogP contribution in [0.25, 0.3) is 0 Å². The van der Waals surface area contributed by atoms with Gasteiger partial charge in [-0.2, -0.15) is 13.2 Å². The first-order valence-electron chi connectivity index (χ1n) is 7.06. The van der Waals surface area contributed by atoms with E-state index in [9.17, 15) is 22.8 Å². The summed E-state index contributed by atoms with van der Waals surface area (Å²) in [5, 5.41) is 1.70. The first-order chi connectivity index (χ1) is 10.2. The van der Waals surface area contributed by atoms with Gasteiger partial charge in [0, 0.05) is 4.88 Å². The van der Waals surface area contributed by atoms with Gasteiger partial charge in [-0.1, -0.05) is 19.8 Å². The van der Waals surface area contributed by atoms with Crippen molar-refractivity contribution in [3.63, 3.8) is 0 Å². The van der Waals surface area contributed by atoms with Crippen molar-refractivity contribution in [3.8, 4) is 0 Å². The Balaban J connectivity index is 2.32. The number of thiophene rings is 1. The second kappa shape index (κ2) is 6.28. The maximum Gasteiger partial charge on any atom is 0.471 e. The molecule has 0 saturated carbocycles. The Kier molecular flexibility index (Phi) is 4.79. The minimum atomic E-state index is -5.00. The molecule has 8 heteroatoms. The summed E-state index contributed by atoms with van der Waals surface area (Å²) in [4.78, 5) is 23.6. The first kappa shape index (κ1) is 16.8. The van der Waals surface area contributed by atoms with Crippen LogP contribution in [-0.4, -0.2) is 18.0 Å². The van der Waals surface area contributed by atoms with Gasteiger partial charge < -0.3 is 11.1 Å². The van der Waals surface area contributed by atoms with Gasteiger partial charge in [-0.05, 0) is 30.7 Å². The highest BCUT2D eigenvalue weighted by Crippen LogP contribution is 2.40. The molecule has 1 atom stereocenters. The quantitative estimate of drug-likeness (QED) is 0.887. The highest BCUT2D eigenvalue weighted by atomic mass is 32.1. The summed E-state index contributed by atoms with van der Waals surface area (Å²) in [7, 11) is 0. The number of hydrogen-bond acceptors (Lipinski definition) is 3. The lowest BCUT2D eigenvalue weighted by atomic mass is 9.84. The maximum atomic E-state index is 12.4. The molecule has 22 heavy (non-hydrogen) atoms. The molecule has 0 spiro atoms. The standard InChI is InChI=1S/C14H17F3N2O2S/c1-2-3-7-4-5-8-9(6-7)22-12(10(8)11(18)20)19-13(21)14(15,16)17/h7H,2-6H2,1H3,(H2,18,20)(H,19,21). The predicted molar refractivity (Wildman–Crippen MR) is 77.9 cm³/mol. The highest BCUT2D eigenvalue weighted by molar-refractivity contribution is 7.17. The van der Waals surface area contributed by atoms with Crippen LogP contribution in [0.1, 0.15) is 47.0 Å². The number of rotatable bonds is 4. The van der Waals surface area contributed by atoms with Gasteiger partial charge in [0.15, 0.2) is 0 Å². The highest BCUT2D eigenvalue weighted by Gasteiger charge is 2.40. The molecule has 2 amide bonds. The van der Waals surface area contributed by atoms with Crippen molar-refractivity contribution < 1.29 is 22.8 Å². The third kappa shape index (κ3) is 3.43. The summed E-state index contributed by atoms with van der Waals surface area (Å²) < 4.78 is 37.2. The number of carbonyl (C=O) groups excluding carboxylic acids is 2. The van der Waals surface area contributed by atoms with Crippen molar-refractivity contribution in [1.82, 2.24) is 0 Å². The van der Waals surface area contributed by atoms with Crippen molar-refractivity contribution in [2.24, 2.45) is 11.7 Å². The van der Waals surface area contributed by atoms with E-state index in [0.717, 1.165) is 41.9 Å². The maximum absolute atomic E-state index is 12.4. The SMILES string of the molecule is CCCC1CCc2c(sc(NC(=O)C(F)(F)F)c2C(N)=O)C1. The van der Waals surface area contributed by atoms with Crippen LogP contribution in [0.4, 0.5) is 18.2 Å². The molecule has 0 fully saturated rings. The monoisotopic (exact) mass is 334 g/mol. The predicted octanol–water partition coefficient (Wildman–Crippen LogP) is 3.25. The molecule has 4 nitrogen and oxygen atoms in total. The van der Waals surface area contributed by atoms with Gasteiger partial charge in [-0.3, -0.25) is 9.59 Å². The zero-order valence-electron chi connectivity index (χ0n) is 12.0. The number of primary amides is 1. The van der Waals surface area contributed by atoms with Crippen LogP contribution in [0.3, 0.4) is 0 Å². The van der Waals surface area contributed by atoms with Gasteiger partial charge >= 0.3 is 12.1 Å². The average molecular weight is 334 g/mol. The second-order valence-corrected chi connectivity index (χ2v) is 6.53. The summed E-state index contributed by atoms with van der Waals surface area (Å²) in [5.74, 6) is -2.43. The van der Waals surface area contributed by atoms with Gasteiger partial charge in [-0.25, -0.2) is 0 Å². The van der Waals surface area contributed by atoms with Crippen LogP contribution >= 0.6 is 11.3 Å². The fourth-order valence-electron chi connectivity index (χ4n) is 2.83. The van der Waals surface area contributed by atoms with Crippen LogP contribution in [0.5, 0.6) is 0 Å². The zero-order chi connectivity index (χ0) is 16.5. The molecule has 0 bridgehead atoms. The smallest absolute Gasteiger partial charge is 0.365 e. The molecule has 0 aliphatic heterocycles. The number of nitrogens with two attached hydrogens (primary N) is 1. The summed E-state index contributed by atoms with van der Waals surface area (Å²) in [6.45, 7) is 2.08. The minimum Gasteiger partial charge on any atom is -0.365 e. The van der Waals surface area contributed by atoms with E-state index < -0.39 is 18.0 Å². The van der Waals surface area contributed by atoms with E-state index in [1.807, 2.05) is 0 Å². The lowest BCUT2D eigenvalue weighted by Crippen LogP contribution is -2.30. The largest absolute Gasteiger partial charge is 0.471 e. The molecule has 122 valence electrons. The van der Waals surface area contributed by atoms with Crippen LogP contribution in [0.2, 0.25) is 0 Å². The Morgan fingerprint density at radius 3 is 2.64 bits per heavy atom. The van der Waals surface area contributed by atoms with Gasteiger partial charge in [-0.15, -0.1) is 11.3 Å². The molecule has 0 radical (unpaired) electrons. The topological polar surface area (TPSA) is 72.2 Å². The molecule has 1 aliphatic rings. The van der Waals surface area contributed by atoms with Gasteiger partial charge in [0.25, 0.3) is 5.91 Å². The van der Waals surface area contributed by atoms with Crippen molar-refractivity contribution in [2.75, 3.05) is 5.32 Å². The Labute approximate surface area is 129 Å². The molecular weight excluding hydrogens is 317 g/mol. The summed E-state index contributed by atoms with van der Waals surface area (Å²) in [6, 6.07) is 0. The lowest BCUT2D eigenvalue weighted by molar-refractivity contribution is -0.167. The number of carbonyl (C=O) groups is 2. The van der Waals surface area contributed by atoms with Crippen LogP contribution in [0.15, 0.2) is 0 Å². The Morgan fingerprint density at radius 1 is 1.41 bits per heavy atom. The third-order valence-electron chi connectivity index (χ3n) is 3.80. The Hall–Kier alpha value is -1.57. The first-order valence-corrected chi connectivity index (χ1v) is 7.88. The van der Waals surface area contributed by atoms with Gasteiger partial charge in [0.1, 0.15) is 5.00 Å². The number of amides is 2. The number of anilines is 1. The number of fused-ring (bicyclic) bond motifs is 1. The number of hydrogen-bond donors (Lipinski definition) is 2. The van der Waals surface area contributed by atoms with E-state index in [-0.39, 0.29) is 10.6 Å². The molecular formula is C14H17F3N2O2S. The van der Waals surface area contributed by atoms with Crippen LogP contribution in [-0.2, 0) is 17.6 Å². The second-order valence-electron chi connectivity index (χ2n) is 5.42. The fraction of sp³-hybridized carbons (Fsp3) is 0.571. The summed E-state index contributed by atoms with van der Waals surface area (Å²) in [5.41, 5.74) is 6.03. The lowest BCUT2D eigenvalue weighted by Gasteiger charge is -2.21. The molecule has 0 saturated heterocycles. The molecule has 1 aromatic heterocycles. The number of nitrogens with one attached hydrogen (secondary N) is 1. The Morgan fingerprint density at radius 2 is 2.09 bits per heavy atom. The van der Waals surface area contributed by atoms with Crippen LogP contribution < -0.4 is 11.1 Å². The average Bonchev–Trinajstić information content (AvgIpc) is 2.75. The van der Waals surface area contributed by atoms with E-state index in [0.29, 0.717) is 17.9 Å². The third-order valence-corrected chi connectivity index (χ3v) is 4.96. The Bertz CT molecular complexity index is 596. The van der Waals surface area contributed by atoms with E-state index in [1.165, 1.54) is 0 Å². The number of halogens is 3. The number of alkyl halides is 3. The van der Waals surface area contributed by atoms with Crippen molar-refractivity contribution in [1.29, 1.82) is 0 Å². The van der Waals surface area contributed by atoms with Crippen LogP contribution in [0, 0.1) is 5.92 Å². The molecule has 1 unspecified atom stereocenters. The fourth-order valence-corrected chi connectivity index (χ4v) is 4.19. The van der Waals surface area contributed by atoms with Crippen molar-refractivity contribution in [2.45, 2.75) is 45.2 Å². The molecule has 3 N–H and O–H groups in total. The zero-order valence-corrected chi connectivity index (χ0v) is 12.9. The van der Waals surface area contributed by atoms with E-state index in [1.54, 1.807) is 5.32 Å². The van der Waals surface area contributed by atoms with E-state index in [2.05, 4.69) is 6.92 Å². The molecule has 1 aromatic rings. The van der Waals surface area contributed by atoms with Gasteiger partial charge in [0.05, 0.1) is 5.56 Å².